The second kappa shape index (κ2) is 8.17. The summed E-state index contributed by atoms with van der Waals surface area (Å²) in [5, 5.41) is 3.01. The lowest BCUT2D eigenvalue weighted by Crippen LogP contribution is -2.30. The van der Waals surface area contributed by atoms with Gasteiger partial charge in [0, 0.05) is 13.1 Å². The smallest absolute Gasteiger partial charge is 0.278 e. The lowest BCUT2D eigenvalue weighted by molar-refractivity contribution is 0.102. The molecule has 1 saturated heterocycles. The highest BCUT2D eigenvalue weighted by Crippen LogP contribution is 2.33. The Morgan fingerprint density at radius 3 is 2.64 bits per heavy atom. The van der Waals surface area contributed by atoms with Crippen LogP contribution in [0, 0.1) is 0 Å². The van der Waals surface area contributed by atoms with Crippen molar-refractivity contribution in [3.8, 4) is 17.1 Å². The van der Waals surface area contributed by atoms with E-state index in [2.05, 4.69) is 15.2 Å². The number of ether oxygens (including phenoxy) is 1. The van der Waals surface area contributed by atoms with Crippen LogP contribution in [-0.4, -0.2) is 31.1 Å². The van der Waals surface area contributed by atoms with E-state index in [-0.39, 0.29) is 11.6 Å². The predicted octanol–water partition coefficient (Wildman–Crippen LogP) is 4.59. The number of hydrogen-bond acceptors (Lipinski definition) is 5. The fourth-order valence-corrected chi connectivity index (χ4v) is 3.60. The molecule has 0 bridgehead atoms. The molecule has 0 atom stereocenters. The highest BCUT2D eigenvalue weighted by atomic mass is 16.5. The Morgan fingerprint density at radius 1 is 1.07 bits per heavy atom. The van der Waals surface area contributed by atoms with Crippen molar-refractivity contribution >= 4 is 17.3 Å². The van der Waals surface area contributed by atoms with Gasteiger partial charge in [0.2, 0.25) is 0 Å². The summed E-state index contributed by atoms with van der Waals surface area (Å²) in [5.74, 6) is 0.714. The first-order valence-corrected chi connectivity index (χ1v) is 9.50. The first-order chi connectivity index (χ1) is 13.8. The zero-order valence-corrected chi connectivity index (χ0v) is 15.9. The molecule has 1 aliphatic heterocycles. The van der Waals surface area contributed by atoms with Gasteiger partial charge in [-0.15, -0.1) is 0 Å². The van der Waals surface area contributed by atoms with Gasteiger partial charge in [-0.05, 0) is 43.5 Å². The number of anilines is 2. The second-order valence-corrected chi connectivity index (χ2v) is 6.75. The van der Waals surface area contributed by atoms with E-state index >= 15 is 0 Å². The first-order valence-electron chi connectivity index (χ1n) is 9.50. The van der Waals surface area contributed by atoms with Crippen molar-refractivity contribution in [1.82, 2.24) is 4.98 Å². The van der Waals surface area contributed by atoms with E-state index in [1.54, 1.807) is 7.11 Å². The number of para-hydroxylation sites is 3. The number of oxazole rings is 1. The number of aromatic nitrogens is 1. The van der Waals surface area contributed by atoms with Crippen LogP contribution in [-0.2, 0) is 0 Å². The van der Waals surface area contributed by atoms with E-state index in [9.17, 15) is 4.79 Å². The SMILES string of the molecule is COc1ccccc1-c1ocnc1C(=O)Nc1ccccc1N1CCCCC1. The summed E-state index contributed by atoms with van der Waals surface area (Å²) in [6.45, 7) is 2.01. The van der Waals surface area contributed by atoms with Gasteiger partial charge < -0.3 is 19.4 Å². The number of carbonyl (C=O) groups is 1. The Morgan fingerprint density at radius 2 is 1.82 bits per heavy atom. The fraction of sp³-hybridized carbons (Fsp3) is 0.273. The monoisotopic (exact) mass is 377 g/mol. The highest BCUT2D eigenvalue weighted by molar-refractivity contribution is 6.08. The largest absolute Gasteiger partial charge is 0.496 e. The van der Waals surface area contributed by atoms with E-state index in [1.165, 1.54) is 25.7 Å². The van der Waals surface area contributed by atoms with Crippen LogP contribution < -0.4 is 15.0 Å². The van der Waals surface area contributed by atoms with E-state index in [4.69, 9.17) is 9.15 Å². The molecule has 0 unspecified atom stereocenters. The average molecular weight is 377 g/mol. The third-order valence-electron chi connectivity index (χ3n) is 4.98. The Labute approximate surface area is 164 Å². The van der Waals surface area contributed by atoms with Crippen molar-refractivity contribution in [3.05, 3.63) is 60.6 Å². The van der Waals surface area contributed by atoms with Crippen LogP contribution in [0.3, 0.4) is 0 Å². The summed E-state index contributed by atoms with van der Waals surface area (Å²) in [6, 6.07) is 15.3. The van der Waals surface area contributed by atoms with Gasteiger partial charge in [-0.3, -0.25) is 4.79 Å². The number of carbonyl (C=O) groups excluding carboxylic acids is 1. The van der Waals surface area contributed by atoms with Gasteiger partial charge in [0.1, 0.15) is 5.75 Å². The zero-order valence-electron chi connectivity index (χ0n) is 15.9. The molecule has 0 saturated carbocycles. The van der Waals surface area contributed by atoms with Gasteiger partial charge in [-0.2, -0.15) is 0 Å². The molecule has 0 spiro atoms. The molecule has 4 rings (SSSR count). The van der Waals surface area contributed by atoms with Crippen LogP contribution in [0.25, 0.3) is 11.3 Å². The molecule has 1 N–H and O–H groups in total. The fourth-order valence-electron chi connectivity index (χ4n) is 3.60. The van der Waals surface area contributed by atoms with Crippen molar-refractivity contribution in [2.24, 2.45) is 0 Å². The van der Waals surface area contributed by atoms with E-state index in [1.807, 2.05) is 48.5 Å². The third-order valence-corrected chi connectivity index (χ3v) is 4.98. The summed E-state index contributed by atoms with van der Waals surface area (Å²) >= 11 is 0. The van der Waals surface area contributed by atoms with Crippen molar-refractivity contribution in [2.45, 2.75) is 19.3 Å². The molecule has 1 aliphatic rings. The van der Waals surface area contributed by atoms with Gasteiger partial charge in [-0.25, -0.2) is 4.98 Å². The number of hydrogen-bond donors (Lipinski definition) is 1. The normalized spacial score (nSPS) is 14.0. The number of nitrogens with one attached hydrogen (secondary N) is 1. The van der Waals surface area contributed by atoms with E-state index in [0.717, 1.165) is 24.5 Å². The number of benzene rings is 2. The molecule has 3 aromatic rings. The second-order valence-electron chi connectivity index (χ2n) is 6.75. The van der Waals surface area contributed by atoms with Crippen molar-refractivity contribution < 1.29 is 13.9 Å². The minimum absolute atomic E-state index is 0.234. The van der Waals surface area contributed by atoms with E-state index < -0.39 is 0 Å². The Bertz CT molecular complexity index is 961. The number of piperidine rings is 1. The van der Waals surface area contributed by atoms with Gasteiger partial charge in [-0.1, -0.05) is 24.3 Å². The first kappa shape index (κ1) is 18.1. The van der Waals surface area contributed by atoms with Crippen LogP contribution in [0.4, 0.5) is 11.4 Å². The van der Waals surface area contributed by atoms with Crippen molar-refractivity contribution in [1.29, 1.82) is 0 Å². The zero-order chi connectivity index (χ0) is 19.3. The number of methoxy groups -OCH3 is 1. The molecular weight excluding hydrogens is 354 g/mol. The summed E-state index contributed by atoms with van der Waals surface area (Å²) in [6.07, 6.45) is 4.88. The van der Waals surface area contributed by atoms with Crippen molar-refractivity contribution in [2.75, 3.05) is 30.4 Å². The molecule has 2 heterocycles. The highest BCUT2D eigenvalue weighted by Gasteiger charge is 2.22. The van der Waals surface area contributed by atoms with Gasteiger partial charge in [0.25, 0.3) is 5.91 Å². The van der Waals surface area contributed by atoms with Crippen LogP contribution in [0.15, 0.2) is 59.3 Å². The quantitative estimate of drug-likeness (QED) is 0.704. The van der Waals surface area contributed by atoms with Crippen LogP contribution in [0.2, 0.25) is 0 Å². The molecule has 6 nitrogen and oxygen atoms in total. The standard InChI is InChI=1S/C22H23N3O3/c1-27-19-12-6-3-9-16(19)21-20(23-15-28-21)22(26)24-17-10-4-5-11-18(17)25-13-7-2-8-14-25/h3-6,9-12,15H,2,7-8,13-14H2,1H3,(H,24,26). The number of rotatable bonds is 5. The maximum Gasteiger partial charge on any atom is 0.278 e. The summed E-state index contributed by atoms with van der Waals surface area (Å²) < 4.78 is 10.9. The Kier molecular flexibility index (Phi) is 5.28. The van der Waals surface area contributed by atoms with Crippen molar-refractivity contribution in [3.63, 3.8) is 0 Å². The average Bonchev–Trinajstić information content (AvgIpc) is 3.24. The Balaban J connectivity index is 1.62. The topological polar surface area (TPSA) is 67.6 Å². The molecule has 28 heavy (non-hydrogen) atoms. The lowest BCUT2D eigenvalue weighted by atomic mass is 10.1. The minimum atomic E-state index is -0.306. The molecule has 6 heteroatoms. The third kappa shape index (κ3) is 3.58. The minimum Gasteiger partial charge on any atom is -0.496 e. The molecule has 144 valence electrons. The van der Waals surface area contributed by atoms with Crippen LogP contribution >= 0.6 is 0 Å². The van der Waals surface area contributed by atoms with Gasteiger partial charge >= 0.3 is 0 Å². The predicted molar refractivity (Wildman–Crippen MR) is 109 cm³/mol. The molecule has 1 fully saturated rings. The number of amides is 1. The molecule has 1 amide bonds. The van der Waals surface area contributed by atoms with Gasteiger partial charge in [0.05, 0.1) is 24.0 Å². The molecule has 2 aromatic carbocycles. The summed E-state index contributed by atoms with van der Waals surface area (Å²) in [5.41, 5.74) is 2.75. The maximum absolute atomic E-state index is 13.0. The summed E-state index contributed by atoms with van der Waals surface area (Å²) in [7, 11) is 1.59. The lowest BCUT2D eigenvalue weighted by Gasteiger charge is -2.30. The maximum atomic E-state index is 13.0. The van der Waals surface area contributed by atoms with E-state index in [0.29, 0.717) is 17.1 Å². The number of nitrogens with zero attached hydrogens (tertiary/aromatic N) is 2. The van der Waals surface area contributed by atoms with Crippen LogP contribution in [0.1, 0.15) is 29.8 Å². The Hall–Kier alpha value is -3.28. The molecule has 1 aromatic heterocycles. The molecule has 0 aliphatic carbocycles. The van der Waals surface area contributed by atoms with Crippen LogP contribution in [0.5, 0.6) is 5.75 Å². The van der Waals surface area contributed by atoms with Gasteiger partial charge in [0.15, 0.2) is 17.8 Å². The molecule has 0 radical (unpaired) electrons. The molecular formula is C22H23N3O3. The summed E-state index contributed by atoms with van der Waals surface area (Å²) in [4.78, 5) is 19.5.